The van der Waals surface area contributed by atoms with E-state index in [0.717, 1.165) is 0 Å². The number of nitrogens with zero attached hydrogens (tertiary/aromatic N) is 3. The molecule has 2 aromatic heterocycles. The Balaban J connectivity index is 2.59. The lowest BCUT2D eigenvalue weighted by molar-refractivity contribution is 0.794. The second-order valence-electron chi connectivity index (χ2n) is 2.66. The highest BCUT2D eigenvalue weighted by Gasteiger charge is 1.99. The molecule has 0 fully saturated rings. The van der Waals surface area contributed by atoms with Gasteiger partial charge in [-0.2, -0.15) is 5.10 Å². The van der Waals surface area contributed by atoms with Gasteiger partial charge in [-0.15, -0.1) is 0 Å². The Morgan fingerprint density at radius 3 is 3.00 bits per heavy atom. The van der Waals surface area contributed by atoms with Crippen molar-refractivity contribution in [3.8, 4) is 5.95 Å². The van der Waals surface area contributed by atoms with Crippen LogP contribution >= 0.6 is 0 Å². The standard InChI is InChI=1S/C8H8N4O/c1-6-5-7(13)11-8(10-6)12-4-2-3-9-12/h2-5H,1H3,(H,10,11,13). The number of nitrogens with one attached hydrogen (secondary N) is 1. The second-order valence-corrected chi connectivity index (χ2v) is 2.66. The van der Waals surface area contributed by atoms with E-state index in [1.165, 1.54) is 10.7 Å². The third-order valence-electron chi connectivity index (χ3n) is 1.58. The molecule has 0 bridgehead atoms. The summed E-state index contributed by atoms with van der Waals surface area (Å²) in [5.74, 6) is 0.440. The summed E-state index contributed by atoms with van der Waals surface area (Å²) in [6.07, 6.45) is 3.35. The first-order chi connectivity index (χ1) is 6.25. The van der Waals surface area contributed by atoms with Crippen molar-refractivity contribution in [2.75, 3.05) is 0 Å². The van der Waals surface area contributed by atoms with Gasteiger partial charge in [-0.05, 0) is 13.0 Å². The maximum absolute atomic E-state index is 11.1. The molecule has 2 aromatic rings. The fourth-order valence-electron chi connectivity index (χ4n) is 1.07. The van der Waals surface area contributed by atoms with Crippen molar-refractivity contribution in [2.45, 2.75) is 6.92 Å². The summed E-state index contributed by atoms with van der Waals surface area (Å²) >= 11 is 0. The van der Waals surface area contributed by atoms with E-state index in [1.807, 2.05) is 0 Å². The summed E-state index contributed by atoms with van der Waals surface area (Å²) in [6.45, 7) is 1.77. The predicted octanol–water partition coefficient (Wildman–Crippen LogP) is 0.264. The zero-order valence-corrected chi connectivity index (χ0v) is 7.06. The van der Waals surface area contributed by atoms with Gasteiger partial charge in [0, 0.05) is 24.2 Å². The molecule has 1 N–H and O–H groups in total. The van der Waals surface area contributed by atoms with Crippen LogP contribution in [0.3, 0.4) is 0 Å². The average molecular weight is 176 g/mol. The van der Waals surface area contributed by atoms with E-state index in [4.69, 9.17) is 0 Å². The fourth-order valence-corrected chi connectivity index (χ4v) is 1.07. The molecule has 0 aliphatic heterocycles. The highest BCUT2D eigenvalue weighted by atomic mass is 16.1. The molecular weight excluding hydrogens is 168 g/mol. The van der Waals surface area contributed by atoms with Gasteiger partial charge in [0.1, 0.15) is 0 Å². The third kappa shape index (κ3) is 1.48. The minimum atomic E-state index is -0.169. The van der Waals surface area contributed by atoms with Crippen LogP contribution in [0.1, 0.15) is 5.69 Å². The van der Waals surface area contributed by atoms with Gasteiger partial charge < -0.3 is 0 Å². The largest absolute Gasteiger partial charge is 0.291 e. The van der Waals surface area contributed by atoms with E-state index in [9.17, 15) is 4.79 Å². The maximum atomic E-state index is 11.1. The number of hydrogen-bond acceptors (Lipinski definition) is 3. The van der Waals surface area contributed by atoms with Crippen molar-refractivity contribution in [1.82, 2.24) is 19.7 Å². The Labute approximate surface area is 74.1 Å². The van der Waals surface area contributed by atoms with Crippen molar-refractivity contribution in [3.05, 3.63) is 40.6 Å². The van der Waals surface area contributed by atoms with Gasteiger partial charge in [0.25, 0.3) is 5.56 Å². The fraction of sp³-hybridized carbons (Fsp3) is 0.125. The summed E-state index contributed by atoms with van der Waals surface area (Å²) in [5, 5.41) is 3.95. The molecule has 0 radical (unpaired) electrons. The zero-order valence-electron chi connectivity index (χ0n) is 7.06. The molecule has 0 aromatic carbocycles. The number of aromatic nitrogens is 4. The smallest absolute Gasteiger partial charge is 0.252 e. The van der Waals surface area contributed by atoms with Crippen molar-refractivity contribution in [2.24, 2.45) is 0 Å². The van der Waals surface area contributed by atoms with Gasteiger partial charge in [-0.1, -0.05) is 0 Å². The lowest BCUT2D eigenvalue weighted by Gasteiger charge is -1.99. The van der Waals surface area contributed by atoms with Gasteiger partial charge in [0.05, 0.1) is 0 Å². The minimum Gasteiger partial charge on any atom is -0.291 e. The number of H-pyrrole nitrogens is 1. The molecule has 0 unspecified atom stereocenters. The monoisotopic (exact) mass is 176 g/mol. The topological polar surface area (TPSA) is 63.6 Å². The Bertz CT molecular complexity index is 457. The number of rotatable bonds is 1. The van der Waals surface area contributed by atoms with Crippen LogP contribution in [-0.2, 0) is 0 Å². The molecule has 0 amide bonds. The van der Waals surface area contributed by atoms with Crippen LogP contribution in [0.25, 0.3) is 5.95 Å². The first-order valence-electron chi connectivity index (χ1n) is 3.84. The molecule has 0 atom stereocenters. The summed E-state index contributed by atoms with van der Waals surface area (Å²) in [5.41, 5.74) is 0.507. The zero-order chi connectivity index (χ0) is 9.26. The van der Waals surface area contributed by atoms with Crippen molar-refractivity contribution >= 4 is 0 Å². The molecular formula is C8H8N4O. The lowest BCUT2D eigenvalue weighted by atomic mass is 10.4. The summed E-state index contributed by atoms with van der Waals surface area (Å²) in [7, 11) is 0. The van der Waals surface area contributed by atoms with Gasteiger partial charge in [0.2, 0.25) is 5.95 Å². The van der Waals surface area contributed by atoms with Crippen LogP contribution in [-0.4, -0.2) is 19.7 Å². The molecule has 13 heavy (non-hydrogen) atoms. The first kappa shape index (κ1) is 7.72. The van der Waals surface area contributed by atoms with Gasteiger partial charge >= 0.3 is 0 Å². The van der Waals surface area contributed by atoms with Crippen LogP contribution in [0, 0.1) is 6.92 Å². The summed E-state index contributed by atoms with van der Waals surface area (Å²) in [4.78, 5) is 17.8. The van der Waals surface area contributed by atoms with E-state index in [2.05, 4.69) is 15.1 Å². The molecule has 0 spiro atoms. The number of aromatic amines is 1. The second kappa shape index (κ2) is 2.85. The normalized spacial score (nSPS) is 10.2. The first-order valence-corrected chi connectivity index (χ1v) is 3.84. The molecule has 5 heteroatoms. The van der Waals surface area contributed by atoms with E-state index in [1.54, 1.807) is 25.4 Å². The van der Waals surface area contributed by atoms with E-state index >= 15 is 0 Å². The molecule has 0 aliphatic rings. The highest BCUT2D eigenvalue weighted by molar-refractivity contribution is 5.11. The maximum Gasteiger partial charge on any atom is 0.252 e. The molecule has 0 saturated heterocycles. The van der Waals surface area contributed by atoms with Crippen LogP contribution in [0.2, 0.25) is 0 Å². The predicted molar refractivity (Wildman–Crippen MR) is 46.7 cm³/mol. The molecule has 2 heterocycles. The van der Waals surface area contributed by atoms with Crippen molar-refractivity contribution in [1.29, 1.82) is 0 Å². The SMILES string of the molecule is Cc1cc(=O)[nH]c(-n2cccn2)n1. The Morgan fingerprint density at radius 1 is 1.54 bits per heavy atom. The highest BCUT2D eigenvalue weighted by Crippen LogP contribution is 1.95. The molecule has 0 aliphatic carbocycles. The molecule has 0 saturated carbocycles. The summed E-state index contributed by atoms with van der Waals surface area (Å²) in [6, 6.07) is 3.20. The van der Waals surface area contributed by atoms with Crippen LogP contribution in [0.5, 0.6) is 0 Å². The summed E-state index contributed by atoms with van der Waals surface area (Å²) < 4.78 is 1.51. The van der Waals surface area contributed by atoms with E-state index < -0.39 is 0 Å². The molecule has 5 nitrogen and oxygen atoms in total. The average Bonchev–Trinajstić information content (AvgIpc) is 2.53. The third-order valence-corrected chi connectivity index (χ3v) is 1.58. The van der Waals surface area contributed by atoms with Crippen LogP contribution < -0.4 is 5.56 Å². The van der Waals surface area contributed by atoms with E-state index in [-0.39, 0.29) is 5.56 Å². The lowest BCUT2D eigenvalue weighted by Crippen LogP contribution is -2.13. The van der Waals surface area contributed by atoms with Crippen LogP contribution in [0.15, 0.2) is 29.3 Å². The van der Waals surface area contributed by atoms with E-state index in [0.29, 0.717) is 11.6 Å². The number of aryl methyl sites for hydroxylation is 1. The van der Waals surface area contributed by atoms with Gasteiger partial charge in [0.15, 0.2) is 0 Å². The molecule has 66 valence electrons. The molecule has 2 rings (SSSR count). The Hall–Kier alpha value is -1.91. The Morgan fingerprint density at radius 2 is 2.38 bits per heavy atom. The van der Waals surface area contributed by atoms with Gasteiger partial charge in [-0.25, -0.2) is 9.67 Å². The Kier molecular flexibility index (Phi) is 1.70. The van der Waals surface area contributed by atoms with Gasteiger partial charge in [-0.3, -0.25) is 9.78 Å². The van der Waals surface area contributed by atoms with Crippen molar-refractivity contribution < 1.29 is 0 Å². The number of hydrogen-bond donors (Lipinski definition) is 1. The minimum absolute atomic E-state index is 0.169. The quantitative estimate of drug-likeness (QED) is 0.678. The van der Waals surface area contributed by atoms with Crippen LogP contribution in [0.4, 0.5) is 0 Å². The van der Waals surface area contributed by atoms with Crippen molar-refractivity contribution in [3.63, 3.8) is 0 Å².